The molecular formula is C18H22O. The van der Waals surface area contributed by atoms with Crippen molar-refractivity contribution in [3.63, 3.8) is 0 Å². The van der Waals surface area contributed by atoms with Crippen molar-refractivity contribution in [2.45, 2.75) is 33.6 Å². The summed E-state index contributed by atoms with van der Waals surface area (Å²) in [6.45, 7) is 8.61. The van der Waals surface area contributed by atoms with Crippen LogP contribution in [0.25, 0.3) is 0 Å². The van der Waals surface area contributed by atoms with Crippen LogP contribution in [0.15, 0.2) is 36.4 Å². The molecule has 0 spiro atoms. The maximum absolute atomic E-state index is 9.75. The predicted molar refractivity (Wildman–Crippen MR) is 80.8 cm³/mol. The lowest BCUT2D eigenvalue weighted by molar-refractivity contribution is 0.280. The zero-order valence-corrected chi connectivity index (χ0v) is 12.2. The predicted octanol–water partition coefficient (Wildman–Crippen LogP) is 4.04. The van der Waals surface area contributed by atoms with Crippen LogP contribution in [0, 0.1) is 27.7 Å². The van der Waals surface area contributed by atoms with Gasteiger partial charge in [0, 0.05) is 5.92 Å². The molecule has 0 atom stereocenters. The quantitative estimate of drug-likeness (QED) is 0.876. The summed E-state index contributed by atoms with van der Waals surface area (Å²) < 4.78 is 0. The van der Waals surface area contributed by atoms with Gasteiger partial charge < -0.3 is 5.11 Å². The number of rotatable bonds is 3. The topological polar surface area (TPSA) is 20.2 Å². The lowest BCUT2D eigenvalue weighted by Crippen LogP contribution is -2.07. The second-order valence-electron chi connectivity index (χ2n) is 5.42. The first kappa shape index (κ1) is 13.8. The molecule has 2 rings (SSSR count). The van der Waals surface area contributed by atoms with Gasteiger partial charge >= 0.3 is 0 Å². The van der Waals surface area contributed by atoms with Crippen LogP contribution < -0.4 is 0 Å². The van der Waals surface area contributed by atoms with Crippen molar-refractivity contribution in [1.29, 1.82) is 0 Å². The first-order valence-electron chi connectivity index (χ1n) is 6.78. The van der Waals surface area contributed by atoms with Crippen molar-refractivity contribution in [1.82, 2.24) is 0 Å². The maximum Gasteiger partial charge on any atom is 0.0540 e. The third kappa shape index (κ3) is 2.87. The average molecular weight is 254 g/mol. The molecule has 1 heteroatoms. The highest BCUT2D eigenvalue weighted by Gasteiger charge is 2.14. The second kappa shape index (κ2) is 5.58. The first-order valence-corrected chi connectivity index (χ1v) is 6.78. The molecule has 0 radical (unpaired) electrons. The summed E-state index contributed by atoms with van der Waals surface area (Å²) in [5, 5.41) is 9.75. The molecule has 1 nitrogen and oxygen atoms in total. The van der Waals surface area contributed by atoms with Crippen LogP contribution in [-0.2, 0) is 0 Å². The number of aliphatic hydroxyl groups excluding tert-OH is 1. The van der Waals surface area contributed by atoms with E-state index in [4.69, 9.17) is 0 Å². The summed E-state index contributed by atoms with van der Waals surface area (Å²) in [6.07, 6.45) is 0. The van der Waals surface area contributed by atoms with E-state index >= 15 is 0 Å². The largest absolute Gasteiger partial charge is 0.395 e. The Labute approximate surface area is 115 Å². The fourth-order valence-electron chi connectivity index (χ4n) is 2.37. The van der Waals surface area contributed by atoms with Gasteiger partial charge in [0.15, 0.2) is 0 Å². The maximum atomic E-state index is 9.75. The minimum atomic E-state index is 0.0681. The minimum absolute atomic E-state index is 0.0681. The summed E-state index contributed by atoms with van der Waals surface area (Å²) >= 11 is 0. The van der Waals surface area contributed by atoms with Crippen LogP contribution in [0.3, 0.4) is 0 Å². The Morgan fingerprint density at radius 3 is 1.47 bits per heavy atom. The van der Waals surface area contributed by atoms with Crippen molar-refractivity contribution in [3.8, 4) is 0 Å². The summed E-state index contributed by atoms with van der Waals surface area (Å²) in [5.41, 5.74) is 7.52. The molecular weight excluding hydrogens is 232 g/mol. The molecule has 0 aliphatic carbocycles. The Morgan fingerprint density at radius 1 is 0.737 bits per heavy atom. The van der Waals surface area contributed by atoms with E-state index in [1.54, 1.807) is 0 Å². The van der Waals surface area contributed by atoms with Crippen LogP contribution >= 0.6 is 0 Å². The van der Waals surface area contributed by atoms with E-state index in [9.17, 15) is 5.11 Å². The van der Waals surface area contributed by atoms with E-state index in [0.29, 0.717) is 0 Å². The number of benzene rings is 2. The van der Waals surface area contributed by atoms with Crippen LogP contribution in [0.1, 0.15) is 39.3 Å². The van der Waals surface area contributed by atoms with Gasteiger partial charge in [0.1, 0.15) is 0 Å². The Balaban J connectivity index is 2.43. The molecule has 0 fully saturated rings. The van der Waals surface area contributed by atoms with E-state index < -0.39 is 0 Å². The van der Waals surface area contributed by atoms with Crippen molar-refractivity contribution < 1.29 is 5.11 Å². The minimum Gasteiger partial charge on any atom is -0.395 e. The molecule has 0 aromatic heterocycles. The van der Waals surface area contributed by atoms with Gasteiger partial charge in [-0.15, -0.1) is 0 Å². The highest BCUT2D eigenvalue weighted by molar-refractivity contribution is 5.40. The van der Waals surface area contributed by atoms with Crippen LogP contribution in [0.2, 0.25) is 0 Å². The Hall–Kier alpha value is -1.60. The fraction of sp³-hybridized carbons (Fsp3) is 0.333. The van der Waals surface area contributed by atoms with Gasteiger partial charge in [0.2, 0.25) is 0 Å². The molecule has 0 saturated carbocycles. The van der Waals surface area contributed by atoms with Gasteiger partial charge in [-0.25, -0.2) is 0 Å². The number of aliphatic hydroxyl groups is 1. The number of hydrogen-bond acceptors (Lipinski definition) is 1. The SMILES string of the molecule is Cc1ccc(C(CO)c2ccc(C)c(C)c2)cc1C. The monoisotopic (exact) mass is 254 g/mol. The van der Waals surface area contributed by atoms with Gasteiger partial charge in [0.05, 0.1) is 6.61 Å². The van der Waals surface area contributed by atoms with Gasteiger partial charge in [-0.05, 0) is 61.1 Å². The molecule has 0 aliphatic heterocycles. The molecule has 19 heavy (non-hydrogen) atoms. The zero-order valence-electron chi connectivity index (χ0n) is 12.2. The molecule has 0 saturated heterocycles. The summed E-state index contributed by atoms with van der Waals surface area (Å²) in [4.78, 5) is 0. The molecule has 0 aliphatic rings. The van der Waals surface area contributed by atoms with Gasteiger partial charge in [-0.2, -0.15) is 0 Å². The molecule has 2 aromatic rings. The summed E-state index contributed by atoms with van der Waals surface area (Å²) in [7, 11) is 0. The smallest absolute Gasteiger partial charge is 0.0540 e. The molecule has 100 valence electrons. The highest BCUT2D eigenvalue weighted by Crippen LogP contribution is 2.27. The lowest BCUT2D eigenvalue weighted by atomic mass is 9.88. The number of aryl methyl sites for hydroxylation is 4. The van der Waals surface area contributed by atoms with E-state index in [-0.39, 0.29) is 12.5 Å². The average Bonchev–Trinajstić information content (AvgIpc) is 2.39. The van der Waals surface area contributed by atoms with Crippen LogP contribution in [0.5, 0.6) is 0 Å². The van der Waals surface area contributed by atoms with E-state index in [2.05, 4.69) is 64.1 Å². The van der Waals surface area contributed by atoms with E-state index in [1.807, 2.05) is 0 Å². The van der Waals surface area contributed by atoms with Crippen LogP contribution in [-0.4, -0.2) is 11.7 Å². The van der Waals surface area contributed by atoms with Crippen molar-refractivity contribution in [2.75, 3.05) is 6.61 Å². The molecule has 0 unspecified atom stereocenters. The van der Waals surface area contributed by atoms with Gasteiger partial charge in [-0.1, -0.05) is 36.4 Å². The standard InChI is InChI=1S/C18H22O/c1-12-5-7-16(9-14(12)3)18(11-19)17-8-6-13(2)15(4)10-17/h5-10,18-19H,11H2,1-4H3. The zero-order chi connectivity index (χ0) is 14.0. The summed E-state index contributed by atoms with van der Waals surface area (Å²) in [6, 6.07) is 12.9. The Morgan fingerprint density at radius 2 is 1.16 bits per heavy atom. The highest BCUT2D eigenvalue weighted by atomic mass is 16.3. The van der Waals surface area contributed by atoms with Gasteiger partial charge in [0.25, 0.3) is 0 Å². The van der Waals surface area contributed by atoms with Gasteiger partial charge in [-0.3, -0.25) is 0 Å². The van der Waals surface area contributed by atoms with Crippen molar-refractivity contribution in [2.24, 2.45) is 0 Å². The lowest BCUT2D eigenvalue weighted by Gasteiger charge is -2.18. The molecule has 1 N–H and O–H groups in total. The van der Waals surface area contributed by atoms with Crippen molar-refractivity contribution >= 4 is 0 Å². The fourth-order valence-corrected chi connectivity index (χ4v) is 2.37. The normalized spacial score (nSPS) is 11.1. The Bertz CT molecular complexity index is 533. The Kier molecular flexibility index (Phi) is 4.06. The first-order chi connectivity index (χ1) is 9.02. The second-order valence-corrected chi connectivity index (χ2v) is 5.42. The molecule has 0 amide bonds. The molecule has 2 aromatic carbocycles. The van der Waals surface area contributed by atoms with E-state index in [1.165, 1.54) is 33.4 Å². The third-order valence-electron chi connectivity index (χ3n) is 4.05. The summed E-state index contributed by atoms with van der Waals surface area (Å²) in [5.74, 6) is 0.0681. The number of hydrogen-bond donors (Lipinski definition) is 1. The molecule has 0 bridgehead atoms. The molecule has 0 heterocycles. The van der Waals surface area contributed by atoms with Crippen LogP contribution in [0.4, 0.5) is 0 Å². The third-order valence-corrected chi connectivity index (χ3v) is 4.05. The van der Waals surface area contributed by atoms with Crippen molar-refractivity contribution in [3.05, 3.63) is 69.8 Å². The van der Waals surface area contributed by atoms with E-state index in [0.717, 1.165) is 0 Å².